The molecular weight excluding hydrogens is 278 g/mol. The van der Waals surface area contributed by atoms with Crippen LogP contribution in [0, 0.1) is 5.92 Å². The minimum absolute atomic E-state index is 0.0281. The number of anilines is 1. The molecule has 2 saturated heterocycles. The van der Waals surface area contributed by atoms with Crippen molar-refractivity contribution >= 4 is 11.6 Å². The van der Waals surface area contributed by atoms with E-state index in [9.17, 15) is 4.79 Å². The molecule has 0 saturated carbocycles. The number of nitrogens with zero attached hydrogens (tertiary/aromatic N) is 1. The Morgan fingerprint density at radius 3 is 2.86 bits per heavy atom. The maximum atomic E-state index is 13.0. The summed E-state index contributed by atoms with van der Waals surface area (Å²) in [6.07, 6.45) is 7.66. The molecule has 0 N–H and O–H groups in total. The molecule has 4 atom stereocenters. The maximum Gasteiger partial charge on any atom is 0.233 e. The van der Waals surface area contributed by atoms with E-state index in [1.54, 1.807) is 7.11 Å². The van der Waals surface area contributed by atoms with Gasteiger partial charge in [0.05, 0.1) is 25.2 Å². The standard InChI is InChI=1S/C18H19NO3/c1-3-4-16-18-10-9-14(22-18)11-15(18)17(20)19(16)12-5-7-13(21-2)8-6-12/h3,5-10,14-16H,1,4,11H2,2H3/t14-,15+,16-,18-/m0/s1. The first-order valence-corrected chi connectivity index (χ1v) is 7.65. The molecule has 1 aromatic rings. The molecule has 2 fully saturated rings. The number of fused-ring (bicyclic) bond motifs is 1. The molecule has 4 rings (SSSR count). The highest BCUT2D eigenvalue weighted by atomic mass is 16.5. The van der Waals surface area contributed by atoms with Gasteiger partial charge in [0.15, 0.2) is 0 Å². The Hall–Kier alpha value is -2.07. The molecule has 1 aromatic carbocycles. The minimum atomic E-state index is -0.476. The summed E-state index contributed by atoms with van der Waals surface area (Å²) in [5.41, 5.74) is 0.414. The Morgan fingerprint density at radius 1 is 1.45 bits per heavy atom. The van der Waals surface area contributed by atoms with E-state index in [2.05, 4.69) is 18.7 Å². The molecule has 3 aliphatic heterocycles. The van der Waals surface area contributed by atoms with Crippen LogP contribution < -0.4 is 9.64 Å². The number of amides is 1. The Kier molecular flexibility index (Phi) is 2.91. The fourth-order valence-electron chi connectivity index (χ4n) is 4.08. The summed E-state index contributed by atoms with van der Waals surface area (Å²) in [4.78, 5) is 14.8. The number of benzene rings is 1. The van der Waals surface area contributed by atoms with Gasteiger partial charge < -0.3 is 14.4 Å². The van der Waals surface area contributed by atoms with E-state index in [4.69, 9.17) is 9.47 Å². The van der Waals surface area contributed by atoms with Crippen LogP contribution >= 0.6 is 0 Å². The topological polar surface area (TPSA) is 38.8 Å². The normalized spacial score (nSPS) is 35.0. The number of ether oxygens (including phenoxy) is 2. The lowest BCUT2D eigenvalue weighted by molar-refractivity contribution is -0.121. The van der Waals surface area contributed by atoms with Gasteiger partial charge >= 0.3 is 0 Å². The van der Waals surface area contributed by atoms with E-state index in [1.165, 1.54) is 0 Å². The van der Waals surface area contributed by atoms with Crippen molar-refractivity contribution in [1.29, 1.82) is 0 Å². The largest absolute Gasteiger partial charge is 0.497 e. The number of hydrogen-bond donors (Lipinski definition) is 0. The van der Waals surface area contributed by atoms with Gasteiger partial charge in [-0.05, 0) is 37.1 Å². The quantitative estimate of drug-likeness (QED) is 0.802. The van der Waals surface area contributed by atoms with Crippen molar-refractivity contribution in [2.24, 2.45) is 5.92 Å². The zero-order valence-corrected chi connectivity index (χ0v) is 12.6. The molecule has 114 valence electrons. The molecule has 3 aliphatic rings. The Balaban J connectivity index is 1.76. The molecule has 1 amide bonds. The van der Waals surface area contributed by atoms with Gasteiger partial charge in [0.25, 0.3) is 0 Å². The number of rotatable bonds is 4. The zero-order valence-electron chi connectivity index (χ0n) is 12.6. The Labute approximate surface area is 130 Å². The van der Waals surface area contributed by atoms with Crippen LogP contribution in [0.3, 0.4) is 0 Å². The fraction of sp³-hybridized carbons (Fsp3) is 0.389. The van der Waals surface area contributed by atoms with Gasteiger partial charge in [-0.3, -0.25) is 4.79 Å². The van der Waals surface area contributed by atoms with Gasteiger partial charge in [-0.2, -0.15) is 0 Å². The highest BCUT2D eigenvalue weighted by molar-refractivity contribution is 6.01. The molecule has 3 heterocycles. The first-order chi connectivity index (χ1) is 10.7. The molecule has 0 aliphatic carbocycles. The predicted molar refractivity (Wildman–Crippen MR) is 83.9 cm³/mol. The molecule has 2 bridgehead atoms. The molecule has 0 unspecified atom stereocenters. The highest BCUT2D eigenvalue weighted by Gasteiger charge is 2.65. The van der Waals surface area contributed by atoms with E-state index in [0.29, 0.717) is 6.42 Å². The van der Waals surface area contributed by atoms with E-state index in [-0.39, 0.29) is 24.0 Å². The van der Waals surface area contributed by atoms with Gasteiger partial charge in [-0.25, -0.2) is 0 Å². The number of carbonyl (C=O) groups is 1. The van der Waals surface area contributed by atoms with Crippen molar-refractivity contribution in [1.82, 2.24) is 0 Å². The molecule has 0 radical (unpaired) electrons. The average molecular weight is 297 g/mol. The lowest BCUT2D eigenvalue weighted by atomic mass is 9.80. The monoisotopic (exact) mass is 297 g/mol. The van der Waals surface area contributed by atoms with Gasteiger partial charge in [0.2, 0.25) is 5.91 Å². The van der Waals surface area contributed by atoms with E-state index < -0.39 is 5.60 Å². The van der Waals surface area contributed by atoms with Crippen LogP contribution in [0.15, 0.2) is 49.1 Å². The summed E-state index contributed by atoms with van der Waals surface area (Å²) in [6, 6.07) is 7.60. The summed E-state index contributed by atoms with van der Waals surface area (Å²) in [7, 11) is 1.64. The molecular formula is C18H19NO3. The lowest BCUT2D eigenvalue weighted by Crippen LogP contribution is -2.44. The SMILES string of the molecule is C=CC[C@@H]1N(c2ccc(OC)cc2)C(=O)[C@H]2C[C@@H]3C=C[C@]21O3. The van der Waals surface area contributed by atoms with Crippen molar-refractivity contribution < 1.29 is 14.3 Å². The van der Waals surface area contributed by atoms with Gasteiger partial charge in [0.1, 0.15) is 11.4 Å². The van der Waals surface area contributed by atoms with Gasteiger partial charge in [-0.1, -0.05) is 18.2 Å². The second-order valence-electron chi connectivity index (χ2n) is 6.10. The van der Waals surface area contributed by atoms with Crippen molar-refractivity contribution in [2.75, 3.05) is 12.0 Å². The third kappa shape index (κ3) is 1.64. The Morgan fingerprint density at radius 2 is 2.23 bits per heavy atom. The van der Waals surface area contributed by atoms with Crippen LogP contribution in [0.25, 0.3) is 0 Å². The van der Waals surface area contributed by atoms with Crippen LogP contribution in [0.1, 0.15) is 12.8 Å². The first kappa shape index (κ1) is 13.6. The summed E-state index contributed by atoms with van der Waals surface area (Å²) >= 11 is 0. The van der Waals surface area contributed by atoms with Crippen molar-refractivity contribution in [3.63, 3.8) is 0 Å². The molecule has 22 heavy (non-hydrogen) atoms. The molecule has 0 aromatic heterocycles. The second-order valence-corrected chi connectivity index (χ2v) is 6.10. The Bertz CT molecular complexity index is 651. The number of hydrogen-bond acceptors (Lipinski definition) is 3. The smallest absolute Gasteiger partial charge is 0.233 e. The summed E-state index contributed by atoms with van der Waals surface area (Å²) < 4.78 is 11.4. The molecule has 4 heteroatoms. The van der Waals surface area contributed by atoms with Crippen molar-refractivity contribution in [2.45, 2.75) is 30.6 Å². The van der Waals surface area contributed by atoms with E-state index >= 15 is 0 Å². The maximum absolute atomic E-state index is 13.0. The van der Waals surface area contributed by atoms with Crippen LogP contribution in [0.2, 0.25) is 0 Å². The molecule has 1 spiro atoms. The van der Waals surface area contributed by atoms with Crippen LogP contribution in [0.5, 0.6) is 5.75 Å². The first-order valence-electron chi connectivity index (χ1n) is 7.65. The average Bonchev–Trinajstić information content (AvgIpc) is 3.19. The lowest BCUT2D eigenvalue weighted by Gasteiger charge is -2.32. The highest BCUT2D eigenvalue weighted by Crippen LogP contribution is 2.53. The van der Waals surface area contributed by atoms with Gasteiger partial charge in [-0.15, -0.1) is 6.58 Å². The van der Waals surface area contributed by atoms with Crippen molar-refractivity contribution in [3.8, 4) is 5.75 Å². The zero-order chi connectivity index (χ0) is 15.3. The predicted octanol–water partition coefficient (Wildman–Crippen LogP) is 2.70. The van der Waals surface area contributed by atoms with Crippen LogP contribution in [-0.4, -0.2) is 30.8 Å². The van der Waals surface area contributed by atoms with Crippen molar-refractivity contribution in [3.05, 3.63) is 49.1 Å². The molecule has 4 nitrogen and oxygen atoms in total. The van der Waals surface area contributed by atoms with Crippen LogP contribution in [-0.2, 0) is 9.53 Å². The summed E-state index contributed by atoms with van der Waals surface area (Å²) in [5, 5.41) is 0. The number of methoxy groups -OCH3 is 1. The van der Waals surface area contributed by atoms with E-state index in [0.717, 1.165) is 17.9 Å². The summed E-state index contributed by atoms with van der Waals surface area (Å²) in [6.45, 7) is 3.86. The third-order valence-corrected chi connectivity index (χ3v) is 5.05. The number of carbonyl (C=O) groups excluding carboxylic acids is 1. The van der Waals surface area contributed by atoms with E-state index in [1.807, 2.05) is 35.2 Å². The fourth-order valence-corrected chi connectivity index (χ4v) is 4.08. The van der Waals surface area contributed by atoms with Crippen LogP contribution in [0.4, 0.5) is 5.69 Å². The minimum Gasteiger partial charge on any atom is -0.497 e. The van der Waals surface area contributed by atoms with Gasteiger partial charge in [0, 0.05) is 5.69 Å². The summed E-state index contributed by atoms with van der Waals surface area (Å²) in [5.74, 6) is 0.865. The third-order valence-electron chi connectivity index (χ3n) is 5.05. The second kappa shape index (κ2) is 4.71.